The van der Waals surface area contributed by atoms with Gasteiger partial charge in [0.1, 0.15) is 30.3 Å². The topological polar surface area (TPSA) is 81.0 Å². The van der Waals surface area contributed by atoms with E-state index in [1.807, 2.05) is 6.92 Å². The van der Waals surface area contributed by atoms with Crippen molar-refractivity contribution >= 4 is 17.4 Å². The standard InChI is InChI=1S/C21H22FN5O3/c1-3-15-11-30-18-9-27-19-16(7-23-27)21(28)24-12(2)10-29-17-5-4-14(22)6-13(17)8-26(15)20(18)25-19/h4-7,9,12,15H,3,8,10-11H2,1-2H3,(H,24,28)/t12-,15-/m1/s1. The van der Waals surface area contributed by atoms with E-state index in [2.05, 4.69) is 22.2 Å². The molecule has 0 saturated heterocycles. The van der Waals surface area contributed by atoms with E-state index in [9.17, 15) is 9.18 Å². The van der Waals surface area contributed by atoms with Gasteiger partial charge in [0, 0.05) is 12.1 Å². The minimum absolute atomic E-state index is 0.0489. The average Bonchev–Trinajstić information content (AvgIpc) is 3.14. The van der Waals surface area contributed by atoms with E-state index < -0.39 is 0 Å². The van der Waals surface area contributed by atoms with Crippen molar-refractivity contribution in [3.8, 4) is 11.5 Å². The van der Waals surface area contributed by atoms with Crippen LogP contribution in [0.25, 0.3) is 5.65 Å². The first-order chi connectivity index (χ1) is 14.5. The summed E-state index contributed by atoms with van der Waals surface area (Å²) < 4.78 is 27.5. The van der Waals surface area contributed by atoms with E-state index in [4.69, 9.17) is 14.5 Å². The first-order valence-electron chi connectivity index (χ1n) is 10.0. The molecule has 0 unspecified atom stereocenters. The Morgan fingerprint density at radius 3 is 2.93 bits per heavy atom. The highest BCUT2D eigenvalue weighted by Gasteiger charge is 2.31. The summed E-state index contributed by atoms with van der Waals surface area (Å²) in [6.45, 7) is 5.06. The van der Waals surface area contributed by atoms with Crippen molar-refractivity contribution in [1.82, 2.24) is 19.9 Å². The second-order valence-electron chi connectivity index (χ2n) is 7.69. The number of nitrogens with one attached hydrogen (secondary N) is 1. The van der Waals surface area contributed by atoms with Crippen molar-refractivity contribution in [1.29, 1.82) is 0 Å². The normalized spacial score (nSPS) is 21.0. The quantitative estimate of drug-likeness (QED) is 0.663. The smallest absolute Gasteiger partial charge is 0.257 e. The molecule has 1 aromatic carbocycles. The van der Waals surface area contributed by atoms with Crippen LogP contribution < -0.4 is 19.7 Å². The van der Waals surface area contributed by atoms with E-state index in [0.717, 1.165) is 12.0 Å². The van der Waals surface area contributed by atoms with E-state index in [-0.39, 0.29) is 30.4 Å². The molecule has 30 heavy (non-hydrogen) atoms. The van der Waals surface area contributed by atoms with Crippen LogP contribution in [-0.4, -0.2) is 45.8 Å². The number of aromatic nitrogens is 3. The monoisotopic (exact) mass is 411 g/mol. The van der Waals surface area contributed by atoms with Crippen LogP contribution in [0, 0.1) is 5.82 Å². The Kier molecular flexibility index (Phi) is 4.45. The first-order valence-corrected chi connectivity index (χ1v) is 10.0. The fraction of sp³-hybridized carbons (Fsp3) is 0.381. The molecule has 156 valence electrons. The Balaban J connectivity index is 1.70. The molecule has 9 heteroatoms. The maximum Gasteiger partial charge on any atom is 0.257 e. The van der Waals surface area contributed by atoms with Gasteiger partial charge in [-0.15, -0.1) is 0 Å². The van der Waals surface area contributed by atoms with Crippen LogP contribution in [0.3, 0.4) is 0 Å². The zero-order valence-electron chi connectivity index (χ0n) is 16.8. The number of hydrogen-bond donors (Lipinski definition) is 1. The third-order valence-corrected chi connectivity index (χ3v) is 5.53. The number of carbonyl (C=O) groups excluding carboxylic acids is 1. The first kappa shape index (κ1) is 18.7. The summed E-state index contributed by atoms with van der Waals surface area (Å²) >= 11 is 0. The van der Waals surface area contributed by atoms with Gasteiger partial charge in [-0.05, 0) is 31.5 Å². The van der Waals surface area contributed by atoms with Crippen LogP contribution in [0.5, 0.6) is 11.5 Å². The molecule has 5 rings (SSSR count). The molecule has 2 bridgehead atoms. The molecule has 4 heterocycles. The number of halogens is 1. The summed E-state index contributed by atoms with van der Waals surface area (Å²) in [5.74, 6) is 1.17. The summed E-state index contributed by atoms with van der Waals surface area (Å²) in [7, 11) is 0. The second-order valence-corrected chi connectivity index (χ2v) is 7.69. The summed E-state index contributed by atoms with van der Waals surface area (Å²) in [6.07, 6.45) is 4.06. The molecule has 2 atom stereocenters. The highest BCUT2D eigenvalue weighted by atomic mass is 19.1. The zero-order chi connectivity index (χ0) is 20.8. The molecule has 0 spiro atoms. The number of carbonyl (C=O) groups is 1. The lowest BCUT2D eigenvalue weighted by Crippen LogP contribution is -2.43. The molecule has 3 aromatic rings. The fourth-order valence-corrected chi connectivity index (χ4v) is 3.90. The molecular formula is C21H22FN5O3. The van der Waals surface area contributed by atoms with Crippen LogP contribution >= 0.6 is 0 Å². The number of amides is 1. The highest BCUT2D eigenvalue weighted by molar-refractivity contribution is 6.00. The highest BCUT2D eigenvalue weighted by Crippen LogP contribution is 2.36. The molecule has 0 fully saturated rings. The lowest BCUT2D eigenvalue weighted by Gasteiger charge is -2.37. The lowest BCUT2D eigenvalue weighted by atomic mass is 10.1. The van der Waals surface area contributed by atoms with Crippen molar-refractivity contribution in [3.63, 3.8) is 0 Å². The lowest BCUT2D eigenvalue weighted by molar-refractivity contribution is 0.0928. The Morgan fingerprint density at radius 1 is 1.27 bits per heavy atom. The minimum Gasteiger partial charge on any atom is -0.491 e. The summed E-state index contributed by atoms with van der Waals surface area (Å²) in [6, 6.07) is 4.29. The predicted octanol–water partition coefficient (Wildman–Crippen LogP) is 2.56. The number of ether oxygens (including phenoxy) is 2. The Labute approximate surface area is 172 Å². The van der Waals surface area contributed by atoms with Crippen molar-refractivity contribution < 1.29 is 18.7 Å². The average molecular weight is 411 g/mol. The van der Waals surface area contributed by atoms with Gasteiger partial charge in [0.25, 0.3) is 5.91 Å². The van der Waals surface area contributed by atoms with Gasteiger partial charge in [-0.25, -0.2) is 13.9 Å². The largest absolute Gasteiger partial charge is 0.491 e. The molecule has 0 radical (unpaired) electrons. The zero-order valence-corrected chi connectivity index (χ0v) is 16.8. The van der Waals surface area contributed by atoms with E-state index >= 15 is 0 Å². The molecule has 2 aromatic heterocycles. The van der Waals surface area contributed by atoms with Gasteiger partial charge in [-0.3, -0.25) is 4.79 Å². The van der Waals surface area contributed by atoms with E-state index in [0.29, 0.717) is 41.7 Å². The Bertz CT molecular complexity index is 1130. The van der Waals surface area contributed by atoms with Crippen molar-refractivity contribution in [3.05, 3.63) is 47.5 Å². The number of rotatable bonds is 1. The fourth-order valence-electron chi connectivity index (χ4n) is 3.90. The SMILES string of the molecule is CC[C@@H]1COc2cn3ncc4c3nc2N1Cc1cc(F)ccc1OC[C@@H](C)NC4=O. The molecule has 2 aliphatic rings. The predicted molar refractivity (Wildman–Crippen MR) is 108 cm³/mol. The van der Waals surface area contributed by atoms with Gasteiger partial charge in [0.2, 0.25) is 0 Å². The maximum absolute atomic E-state index is 14.1. The van der Waals surface area contributed by atoms with Crippen LogP contribution in [0.2, 0.25) is 0 Å². The minimum atomic E-state index is -0.328. The van der Waals surface area contributed by atoms with E-state index in [1.54, 1.807) is 16.8 Å². The van der Waals surface area contributed by atoms with Gasteiger partial charge in [0.15, 0.2) is 17.2 Å². The second kappa shape index (κ2) is 7.16. The van der Waals surface area contributed by atoms with Gasteiger partial charge in [-0.1, -0.05) is 6.92 Å². The van der Waals surface area contributed by atoms with Gasteiger partial charge >= 0.3 is 0 Å². The Morgan fingerprint density at radius 2 is 2.10 bits per heavy atom. The van der Waals surface area contributed by atoms with E-state index in [1.165, 1.54) is 18.3 Å². The molecule has 1 amide bonds. The number of benzene rings is 1. The molecule has 8 nitrogen and oxygen atoms in total. The summed E-state index contributed by atoms with van der Waals surface area (Å²) in [5, 5.41) is 7.18. The Hall–Kier alpha value is -3.36. The van der Waals surface area contributed by atoms with Crippen LogP contribution in [0.1, 0.15) is 36.2 Å². The third kappa shape index (κ3) is 3.10. The molecule has 0 aliphatic carbocycles. The van der Waals surface area contributed by atoms with Crippen molar-refractivity contribution in [2.45, 2.75) is 38.9 Å². The maximum atomic E-state index is 14.1. The molecule has 2 aliphatic heterocycles. The number of nitrogens with zero attached hydrogens (tertiary/aromatic N) is 4. The third-order valence-electron chi connectivity index (χ3n) is 5.53. The molecule has 0 saturated carbocycles. The van der Waals surface area contributed by atoms with Crippen molar-refractivity contribution in [2.24, 2.45) is 0 Å². The van der Waals surface area contributed by atoms with Crippen LogP contribution in [0.4, 0.5) is 10.2 Å². The summed E-state index contributed by atoms with van der Waals surface area (Å²) in [4.78, 5) is 19.7. The van der Waals surface area contributed by atoms with Gasteiger partial charge < -0.3 is 19.7 Å². The molecular weight excluding hydrogens is 389 g/mol. The number of fused-ring (bicyclic) bond motifs is 1. The van der Waals surface area contributed by atoms with Gasteiger partial charge in [0.05, 0.1) is 24.5 Å². The molecule has 1 N–H and O–H groups in total. The number of hydrogen-bond acceptors (Lipinski definition) is 6. The van der Waals surface area contributed by atoms with Crippen LogP contribution in [-0.2, 0) is 6.54 Å². The van der Waals surface area contributed by atoms with Crippen molar-refractivity contribution in [2.75, 3.05) is 18.1 Å². The number of anilines is 1. The summed E-state index contributed by atoms with van der Waals surface area (Å²) in [5.41, 5.74) is 1.55. The van der Waals surface area contributed by atoms with Crippen LogP contribution in [0.15, 0.2) is 30.6 Å². The van der Waals surface area contributed by atoms with Gasteiger partial charge in [-0.2, -0.15) is 5.10 Å².